The summed E-state index contributed by atoms with van der Waals surface area (Å²) in [4.78, 5) is 12.9. The normalized spacial score (nSPS) is 36.0. The van der Waals surface area contributed by atoms with Crippen LogP contribution < -0.4 is 0 Å². The van der Waals surface area contributed by atoms with Crippen molar-refractivity contribution in [1.82, 2.24) is 0 Å². The van der Waals surface area contributed by atoms with Gasteiger partial charge in [0.05, 0.1) is 11.0 Å². The maximum atomic E-state index is 12.9. The van der Waals surface area contributed by atoms with Crippen molar-refractivity contribution in [1.29, 1.82) is 0 Å². The van der Waals surface area contributed by atoms with Crippen molar-refractivity contribution in [2.75, 3.05) is 0 Å². The summed E-state index contributed by atoms with van der Waals surface area (Å²) in [5.74, 6) is 0.970. The number of allylic oxidation sites excluding steroid dienone is 1. The molecule has 0 amide bonds. The van der Waals surface area contributed by atoms with E-state index in [0.717, 1.165) is 6.42 Å². The van der Waals surface area contributed by atoms with Crippen molar-refractivity contribution in [3.63, 3.8) is 0 Å². The van der Waals surface area contributed by atoms with Crippen LogP contribution in [0.1, 0.15) is 79.1 Å². The Morgan fingerprint density at radius 3 is 2.58 bits per heavy atom. The molecule has 24 heavy (non-hydrogen) atoms. The molecule has 2 nitrogen and oxygen atoms in total. The summed E-state index contributed by atoms with van der Waals surface area (Å²) in [7, 11) is -1.90. The topological polar surface area (TPSA) is 26.3 Å². The van der Waals surface area contributed by atoms with E-state index < -0.39 is 8.32 Å². The summed E-state index contributed by atoms with van der Waals surface area (Å²) in [5.41, 5.74) is 1.10. The highest BCUT2D eigenvalue weighted by atomic mass is 28.4. The van der Waals surface area contributed by atoms with E-state index in [1.807, 2.05) is 0 Å². The van der Waals surface area contributed by atoms with Gasteiger partial charge in [0.2, 0.25) is 0 Å². The Balaban J connectivity index is 1.98. The fraction of sp³-hybridized carbons (Fsp3) is 0.857. The zero-order valence-electron chi connectivity index (χ0n) is 16.6. The van der Waals surface area contributed by atoms with Crippen LogP contribution in [0.2, 0.25) is 18.1 Å². The molecule has 0 radical (unpaired) electrons. The van der Waals surface area contributed by atoms with Gasteiger partial charge < -0.3 is 4.43 Å². The smallest absolute Gasteiger partial charge is 0.193 e. The molecule has 3 aliphatic carbocycles. The van der Waals surface area contributed by atoms with Crippen LogP contribution in [-0.2, 0) is 9.22 Å². The van der Waals surface area contributed by atoms with Crippen LogP contribution in [0.3, 0.4) is 0 Å². The summed E-state index contributed by atoms with van der Waals surface area (Å²) in [6.07, 6.45) is 11.4. The van der Waals surface area contributed by atoms with Gasteiger partial charge in [-0.1, -0.05) is 58.6 Å². The molecule has 0 aromatic carbocycles. The highest BCUT2D eigenvalue weighted by Crippen LogP contribution is 2.68. The quantitative estimate of drug-likeness (QED) is 0.448. The van der Waals surface area contributed by atoms with Crippen molar-refractivity contribution in [2.24, 2.45) is 11.3 Å². The van der Waals surface area contributed by atoms with Crippen LogP contribution in [0.25, 0.3) is 0 Å². The van der Waals surface area contributed by atoms with Crippen molar-refractivity contribution in [3.05, 3.63) is 11.6 Å². The number of unbranched alkanes of at least 4 members (excludes halogenated alkanes) is 1. The second-order valence-electron chi connectivity index (χ2n) is 9.94. The number of carbonyl (C=O) groups is 1. The van der Waals surface area contributed by atoms with Crippen molar-refractivity contribution >= 4 is 14.1 Å². The number of hydrogen-bond donors (Lipinski definition) is 0. The fourth-order valence-electron chi connectivity index (χ4n) is 5.17. The predicted octanol–water partition coefficient (Wildman–Crippen LogP) is 6.03. The minimum absolute atomic E-state index is 0.186. The Morgan fingerprint density at radius 1 is 1.29 bits per heavy atom. The number of hydrogen-bond acceptors (Lipinski definition) is 2. The second kappa shape index (κ2) is 5.80. The summed E-state index contributed by atoms with van der Waals surface area (Å²) < 4.78 is 7.03. The summed E-state index contributed by atoms with van der Waals surface area (Å²) in [6, 6.07) is 0. The summed E-state index contributed by atoms with van der Waals surface area (Å²) in [5, 5.41) is 0.186. The van der Waals surface area contributed by atoms with Crippen molar-refractivity contribution < 1.29 is 9.22 Å². The number of rotatable bonds is 5. The molecule has 2 saturated carbocycles. The van der Waals surface area contributed by atoms with E-state index in [2.05, 4.69) is 46.9 Å². The highest BCUT2D eigenvalue weighted by molar-refractivity contribution is 6.74. The number of Topliss-reactive ketones (excluding diaryl/α,β-unsaturated/α-hetero) is 1. The standard InChI is InChI=1S/C21H36O2Si/c1-7-8-11-16-14-20(23-24(5,6)19(2,3)4)15-18(22)21(20)13-10-9-12-17(16)21/h14,17H,7-13,15H2,1-6H3/t17-,20-,21-/m1/s1. The van der Waals surface area contributed by atoms with Crippen LogP contribution in [0.15, 0.2) is 11.6 Å². The van der Waals surface area contributed by atoms with Gasteiger partial charge >= 0.3 is 0 Å². The van der Waals surface area contributed by atoms with Crippen LogP contribution in [0, 0.1) is 11.3 Å². The van der Waals surface area contributed by atoms with E-state index in [0.29, 0.717) is 18.1 Å². The Labute approximate surface area is 149 Å². The molecular weight excluding hydrogens is 312 g/mol. The zero-order valence-corrected chi connectivity index (χ0v) is 17.6. The Bertz CT molecular complexity index is 557. The predicted molar refractivity (Wildman–Crippen MR) is 103 cm³/mol. The third-order valence-corrected chi connectivity index (χ3v) is 12.0. The Hall–Kier alpha value is -0.413. The molecule has 1 spiro atoms. The molecule has 3 heteroatoms. The Kier molecular flexibility index (Phi) is 4.44. The highest BCUT2D eigenvalue weighted by Gasteiger charge is 2.73. The SMILES string of the molecule is CCCCC1=C[C@@]2(O[Si](C)(C)C(C)(C)C)CC(=O)[C@]23CCCC[C@H]13. The fourth-order valence-corrected chi connectivity index (χ4v) is 6.70. The molecule has 3 atom stereocenters. The third kappa shape index (κ3) is 2.41. The molecule has 0 heterocycles. The zero-order chi connectivity index (χ0) is 17.8. The van der Waals surface area contributed by atoms with Crippen LogP contribution in [0.4, 0.5) is 0 Å². The largest absolute Gasteiger partial charge is 0.406 e. The first kappa shape index (κ1) is 18.4. The van der Waals surface area contributed by atoms with Gasteiger partial charge in [0.1, 0.15) is 5.78 Å². The summed E-state index contributed by atoms with van der Waals surface area (Å²) in [6.45, 7) is 13.9. The monoisotopic (exact) mass is 348 g/mol. The van der Waals surface area contributed by atoms with E-state index in [1.165, 1.54) is 38.5 Å². The molecule has 0 aromatic heterocycles. The van der Waals surface area contributed by atoms with Gasteiger partial charge in [-0.05, 0) is 49.7 Å². The third-order valence-electron chi connectivity index (χ3n) is 7.51. The first-order valence-corrected chi connectivity index (χ1v) is 13.0. The number of carbonyl (C=O) groups excluding carboxylic acids is 1. The van der Waals surface area contributed by atoms with Gasteiger partial charge in [0, 0.05) is 6.42 Å². The molecule has 0 unspecified atom stereocenters. The second-order valence-corrected chi connectivity index (χ2v) is 14.7. The van der Waals surface area contributed by atoms with E-state index in [-0.39, 0.29) is 16.1 Å². The average Bonchev–Trinajstić information content (AvgIpc) is 2.70. The van der Waals surface area contributed by atoms with Gasteiger partial charge in [-0.2, -0.15) is 0 Å². The van der Waals surface area contributed by atoms with Crippen molar-refractivity contribution in [3.8, 4) is 0 Å². The van der Waals surface area contributed by atoms with Gasteiger partial charge in [-0.3, -0.25) is 4.79 Å². The molecular formula is C21H36O2Si. The first-order chi connectivity index (χ1) is 11.1. The van der Waals surface area contributed by atoms with E-state index in [9.17, 15) is 4.79 Å². The van der Waals surface area contributed by atoms with E-state index in [1.54, 1.807) is 5.57 Å². The minimum atomic E-state index is -1.90. The molecule has 0 saturated heterocycles. The molecule has 0 aromatic rings. The van der Waals surface area contributed by atoms with Gasteiger partial charge in [0.25, 0.3) is 0 Å². The molecule has 2 fully saturated rings. The molecule has 0 bridgehead atoms. The van der Waals surface area contributed by atoms with E-state index in [4.69, 9.17) is 4.43 Å². The molecule has 3 aliphatic rings. The minimum Gasteiger partial charge on any atom is -0.406 e. The number of ketones is 1. The summed E-state index contributed by atoms with van der Waals surface area (Å²) >= 11 is 0. The van der Waals surface area contributed by atoms with Gasteiger partial charge in [-0.25, -0.2) is 0 Å². The molecule has 0 N–H and O–H groups in total. The van der Waals surface area contributed by atoms with Crippen LogP contribution >= 0.6 is 0 Å². The van der Waals surface area contributed by atoms with E-state index >= 15 is 0 Å². The lowest BCUT2D eigenvalue weighted by Crippen LogP contribution is -2.69. The van der Waals surface area contributed by atoms with Crippen molar-refractivity contribution in [2.45, 2.75) is 103 Å². The molecule has 3 rings (SSSR count). The average molecular weight is 349 g/mol. The van der Waals surface area contributed by atoms with Gasteiger partial charge in [-0.15, -0.1) is 0 Å². The Morgan fingerprint density at radius 2 is 2.00 bits per heavy atom. The maximum absolute atomic E-state index is 12.9. The first-order valence-electron chi connectivity index (χ1n) is 10.0. The lowest BCUT2D eigenvalue weighted by Gasteiger charge is -2.60. The maximum Gasteiger partial charge on any atom is 0.193 e. The van der Waals surface area contributed by atoms with Gasteiger partial charge in [0.15, 0.2) is 8.32 Å². The van der Waals surface area contributed by atoms with Crippen LogP contribution in [-0.4, -0.2) is 19.7 Å². The lowest BCUT2D eigenvalue weighted by molar-refractivity contribution is -0.176. The molecule has 0 aliphatic heterocycles. The molecule has 136 valence electrons. The van der Waals surface area contributed by atoms with Crippen LogP contribution in [0.5, 0.6) is 0 Å². The lowest BCUT2D eigenvalue weighted by atomic mass is 9.49.